The molecule has 0 spiro atoms. The zero-order valence-corrected chi connectivity index (χ0v) is 12.9. The lowest BCUT2D eigenvalue weighted by Crippen LogP contribution is -2.40. The van der Waals surface area contributed by atoms with E-state index in [1.165, 1.54) is 0 Å². The van der Waals surface area contributed by atoms with E-state index in [1.54, 1.807) is 0 Å². The lowest BCUT2D eigenvalue weighted by atomic mass is 10.2. The van der Waals surface area contributed by atoms with Gasteiger partial charge < -0.3 is 20.3 Å². The molecule has 0 aromatic heterocycles. The Hall–Kier alpha value is -1.59. The monoisotopic (exact) mass is 291 g/mol. The Morgan fingerprint density at radius 3 is 2.95 bits per heavy atom. The molecule has 1 aromatic rings. The van der Waals surface area contributed by atoms with E-state index in [1.807, 2.05) is 38.4 Å². The molecule has 1 unspecified atom stereocenters. The van der Waals surface area contributed by atoms with Gasteiger partial charge in [0.05, 0.1) is 6.04 Å². The number of para-hydroxylation sites is 1. The number of nitrogens with one attached hydrogen (secondary N) is 2. The summed E-state index contributed by atoms with van der Waals surface area (Å²) in [6, 6.07) is 7.83. The third-order valence-corrected chi connectivity index (χ3v) is 3.60. The third kappa shape index (κ3) is 5.02. The van der Waals surface area contributed by atoms with Crippen LogP contribution in [0, 0.1) is 0 Å². The predicted octanol–water partition coefficient (Wildman–Crippen LogP) is 0.995. The number of hydrogen-bond acceptors (Lipinski definition) is 4. The van der Waals surface area contributed by atoms with Crippen LogP contribution in [-0.2, 0) is 11.3 Å². The maximum absolute atomic E-state index is 12.0. The molecular formula is C16H25N3O2. The molecule has 1 heterocycles. The number of nitrogens with zero attached hydrogens (tertiary/aromatic N) is 1. The molecule has 1 aliphatic heterocycles. The smallest absolute Gasteiger partial charge is 0.237 e. The van der Waals surface area contributed by atoms with Gasteiger partial charge in [0.1, 0.15) is 12.4 Å². The number of carbonyl (C=O) groups is 1. The van der Waals surface area contributed by atoms with Gasteiger partial charge in [-0.05, 0) is 39.5 Å². The van der Waals surface area contributed by atoms with Gasteiger partial charge in [-0.1, -0.05) is 18.2 Å². The summed E-state index contributed by atoms with van der Waals surface area (Å²) < 4.78 is 5.80. The van der Waals surface area contributed by atoms with Gasteiger partial charge >= 0.3 is 0 Å². The van der Waals surface area contributed by atoms with Crippen LogP contribution >= 0.6 is 0 Å². The Bertz CT molecular complexity index is 457. The number of likely N-dealkylation sites (N-methyl/N-ethyl adjacent to an activating group) is 1. The van der Waals surface area contributed by atoms with Crippen molar-refractivity contribution in [2.24, 2.45) is 0 Å². The van der Waals surface area contributed by atoms with E-state index < -0.39 is 0 Å². The number of rotatable bonds is 7. The fourth-order valence-corrected chi connectivity index (χ4v) is 2.34. The molecule has 0 bridgehead atoms. The Balaban J connectivity index is 1.85. The van der Waals surface area contributed by atoms with Crippen LogP contribution in [0.1, 0.15) is 18.4 Å². The summed E-state index contributed by atoms with van der Waals surface area (Å²) in [6.45, 7) is 2.95. The molecule has 1 saturated heterocycles. The summed E-state index contributed by atoms with van der Waals surface area (Å²) >= 11 is 0. The van der Waals surface area contributed by atoms with Gasteiger partial charge in [-0.15, -0.1) is 0 Å². The first kappa shape index (κ1) is 15.8. The fourth-order valence-electron chi connectivity index (χ4n) is 2.34. The molecule has 21 heavy (non-hydrogen) atoms. The molecule has 1 aliphatic rings. The van der Waals surface area contributed by atoms with Crippen molar-refractivity contribution >= 4 is 5.91 Å². The van der Waals surface area contributed by atoms with E-state index in [0.29, 0.717) is 13.2 Å². The molecule has 2 rings (SSSR count). The highest BCUT2D eigenvalue weighted by atomic mass is 16.5. The molecule has 1 aromatic carbocycles. The summed E-state index contributed by atoms with van der Waals surface area (Å²) in [5.41, 5.74) is 1.02. The summed E-state index contributed by atoms with van der Waals surface area (Å²) in [6.07, 6.45) is 2.00. The van der Waals surface area contributed by atoms with Crippen LogP contribution in [-0.4, -0.2) is 50.6 Å². The molecule has 0 saturated carbocycles. The van der Waals surface area contributed by atoms with Crippen molar-refractivity contribution in [2.75, 3.05) is 33.8 Å². The van der Waals surface area contributed by atoms with Crippen molar-refractivity contribution < 1.29 is 9.53 Å². The van der Waals surface area contributed by atoms with Crippen molar-refractivity contribution in [2.45, 2.75) is 25.4 Å². The number of amides is 1. The standard InChI is InChI=1S/C16H25N3O2/c1-19(2)10-11-21-15-8-4-3-6-13(15)12-18-16(20)14-7-5-9-17-14/h3-4,6,8,14,17H,5,7,9-12H2,1-2H3,(H,18,20). The number of carbonyl (C=O) groups excluding carboxylic acids is 1. The molecular weight excluding hydrogens is 266 g/mol. The van der Waals surface area contributed by atoms with Crippen LogP contribution in [0.4, 0.5) is 0 Å². The Morgan fingerprint density at radius 2 is 2.24 bits per heavy atom. The van der Waals surface area contributed by atoms with Crippen molar-refractivity contribution in [3.05, 3.63) is 29.8 Å². The van der Waals surface area contributed by atoms with Crippen LogP contribution in [0.15, 0.2) is 24.3 Å². The Labute approximate surface area is 126 Å². The lowest BCUT2D eigenvalue weighted by Gasteiger charge is -2.15. The van der Waals surface area contributed by atoms with E-state index in [2.05, 4.69) is 15.5 Å². The third-order valence-electron chi connectivity index (χ3n) is 3.60. The number of hydrogen-bond donors (Lipinski definition) is 2. The molecule has 116 valence electrons. The van der Waals surface area contributed by atoms with Gasteiger partial charge in [0, 0.05) is 18.7 Å². The second-order valence-electron chi connectivity index (χ2n) is 5.63. The van der Waals surface area contributed by atoms with Gasteiger partial charge in [0.25, 0.3) is 0 Å². The average Bonchev–Trinajstić information content (AvgIpc) is 3.00. The predicted molar refractivity (Wildman–Crippen MR) is 83.4 cm³/mol. The van der Waals surface area contributed by atoms with Crippen molar-refractivity contribution in [3.8, 4) is 5.75 Å². The zero-order valence-electron chi connectivity index (χ0n) is 12.9. The first-order valence-corrected chi connectivity index (χ1v) is 7.53. The minimum absolute atomic E-state index is 0.0354. The van der Waals surface area contributed by atoms with Gasteiger partial charge in [-0.2, -0.15) is 0 Å². The molecule has 0 aliphatic carbocycles. The van der Waals surface area contributed by atoms with Gasteiger partial charge in [-0.3, -0.25) is 4.79 Å². The van der Waals surface area contributed by atoms with Crippen LogP contribution in [0.5, 0.6) is 5.75 Å². The first-order chi connectivity index (χ1) is 10.2. The van der Waals surface area contributed by atoms with Crippen LogP contribution in [0.2, 0.25) is 0 Å². The molecule has 2 N–H and O–H groups in total. The minimum atomic E-state index is -0.0354. The molecule has 0 radical (unpaired) electrons. The first-order valence-electron chi connectivity index (χ1n) is 7.53. The van der Waals surface area contributed by atoms with Crippen molar-refractivity contribution in [1.82, 2.24) is 15.5 Å². The van der Waals surface area contributed by atoms with Gasteiger partial charge in [0.15, 0.2) is 0 Å². The quantitative estimate of drug-likeness (QED) is 0.787. The SMILES string of the molecule is CN(C)CCOc1ccccc1CNC(=O)C1CCCN1. The second kappa shape index (κ2) is 8.00. The van der Waals surface area contributed by atoms with Gasteiger partial charge in [0.2, 0.25) is 5.91 Å². The fraction of sp³-hybridized carbons (Fsp3) is 0.562. The van der Waals surface area contributed by atoms with Crippen molar-refractivity contribution in [3.63, 3.8) is 0 Å². The Kier molecular flexibility index (Phi) is 6.02. The van der Waals surface area contributed by atoms with E-state index in [0.717, 1.165) is 37.2 Å². The van der Waals surface area contributed by atoms with Crippen LogP contribution < -0.4 is 15.4 Å². The normalized spacial score (nSPS) is 18.0. The highest BCUT2D eigenvalue weighted by Gasteiger charge is 2.21. The van der Waals surface area contributed by atoms with E-state index >= 15 is 0 Å². The molecule has 1 amide bonds. The maximum atomic E-state index is 12.0. The summed E-state index contributed by atoms with van der Waals surface area (Å²) in [5.74, 6) is 0.926. The van der Waals surface area contributed by atoms with Crippen LogP contribution in [0.3, 0.4) is 0 Å². The minimum Gasteiger partial charge on any atom is -0.492 e. The highest BCUT2D eigenvalue weighted by Crippen LogP contribution is 2.17. The lowest BCUT2D eigenvalue weighted by molar-refractivity contribution is -0.122. The van der Waals surface area contributed by atoms with Crippen LogP contribution in [0.25, 0.3) is 0 Å². The topological polar surface area (TPSA) is 53.6 Å². The summed E-state index contributed by atoms with van der Waals surface area (Å²) in [4.78, 5) is 14.1. The molecule has 5 heteroatoms. The van der Waals surface area contributed by atoms with E-state index in [9.17, 15) is 4.79 Å². The summed E-state index contributed by atoms with van der Waals surface area (Å²) in [5, 5.41) is 6.19. The molecule has 5 nitrogen and oxygen atoms in total. The molecule has 1 atom stereocenters. The average molecular weight is 291 g/mol. The van der Waals surface area contributed by atoms with Gasteiger partial charge in [-0.25, -0.2) is 0 Å². The highest BCUT2D eigenvalue weighted by molar-refractivity contribution is 5.82. The second-order valence-corrected chi connectivity index (χ2v) is 5.63. The van der Waals surface area contributed by atoms with E-state index in [-0.39, 0.29) is 11.9 Å². The Morgan fingerprint density at radius 1 is 1.43 bits per heavy atom. The zero-order chi connectivity index (χ0) is 15.1. The number of ether oxygens (including phenoxy) is 1. The molecule has 1 fully saturated rings. The van der Waals surface area contributed by atoms with E-state index in [4.69, 9.17) is 4.74 Å². The largest absolute Gasteiger partial charge is 0.492 e. The maximum Gasteiger partial charge on any atom is 0.237 e. The number of benzene rings is 1. The van der Waals surface area contributed by atoms with Crippen molar-refractivity contribution in [1.29, 1.82) is 0 Å². The summed E-state index contributed by atoms with van der Waals surface area (Å²) in [7, 11) is 4.04.